The van der Waals surface area contributed by atoms with Crippen molar-refractivity contribution in [3.05, 3.63) is 42.0 Å². The summed E-state index contributed by atoms with van der Waals surface area (Å²) in [5, 5.41) is 27.1. The van der Waals surface area contributed by atoms with Crippen molar-refractivity contribution in [2.75, 3.05) is 30.4 Å². The average molecular weight is 550 g/mol. The van der Waals surface area contributed by atoms with E-state index >= 15 is 0 Å². The van der Waals surface area contributed by atoms with Crippen LogP contribution in [0.2, 0.25) is 0 Å². The highest BCUT2D eigenvalue weighted by Gasteiger charge is 2.53. The first kappa shape index (κ1) is 26.1. The van der Waals surface area contributed by atoms with Gasteiger partial charge in [0.1, 0.15) is 24.6 Å². The highest BCUT2D eigenvalue weighted by Crippen LogP contribution is 2.40. The third kappa shape index (κ3) is 5.13. The lowest BCUT2D eigenvalue weighted by molar-refractivity contribution is -0.767. The number of hydrogen-bond donors (Lipinski definition) is 4. The van der Waals surface area contributed by atoms with E-state index in [4.69, 9.17) is 16.3 Å². The van der Waals surface area contributed by atoms with Gasteiger partial charge < -0.3 is 36.6 Å². The van der Waals surface area contributed by atoms with E-state index in [9.17, 15) is 24.6 Å². The first-order chi connectivity index (χ1) is 17.8. The van der Waals surface area contributed by atoms with Crippen molar-refractivity contribution in [1.29, 1.82) is 0 Å². The summed E-state index contributed by atoms with van der Waals surface area (Å²) in [6.45, 7) is 3.66. The summed E-state index contributed by atoms with van der Waals surface area (Å²) in [6, 6.07) is 0.590. The third-order valence-electron chi connectivity index (χ3n) is 5.43. The molecule has 0 saturated carbocycles. The highest BCUT2D eigenvalue weighted by atomic mass is 32.2. The second-order valence-electron chi connectivity index (χ2n) is 7.77. The van der Waals surface area contributed by atoms with Crippen LogP contribution < -0.4 is 26.6 Å². The summed E-state index contributed by atoms with van der Waals surface area (Å²) in [5.74, 6) is -2.39. The molecular formula is C20H23N9O6S2. The zero-order valence-corrected chi connectivity index (χ0v) is 20.9. The number of oxime groups is 1. The van der Waals surface area contributed by atoms with E-state index in [0.717, 1.165) is 16.4 Å². The molecule has 2 aliphatic rings. The van der Waals surface area contributed by atoms with E-state index in [1.807, 2.05) is 0 Å². The summed E-state index contributed by atoms with van der Waals surface area (Å²) < 4.78 is 7.19. The van der Waals surface area contributed by atoms with Crippen molar-refractivity contribution in [2.24, 2.45) is 5.16 Å². The molecule has 4 rings (SSSR count). The second kappa shape index (κ2) is 11.0. The molecule has 0 aliphatic carbocycles. The molecule has 2 aromatic rings. The van der Waals surface area contributed by atoms with Crippen LogP contribution in [0.25, 0.3) is 0 Å². The standard InChI is InChI=1S/C20H23N9O6S2/c1-2-7-35-25-12(15-24-20(22)37-26-15)16(31)23-13-17(32)29-14(19(33)34)10(9-36-18(13)29)8-27-4-3-11(21)28(27)5-6-30/h2-4,13,18,21,30H,1,5-9H2,(H4,22,23,24,26,31,33,34)/t13-,18-/m1/s1. The molecule has 2 amide bonds. The fourth-order valence-electron chi connectivity index (χ4n) is 3.84. The van der Waals surface area contributed by atoms with Gasteiger partial charge in [-0.2, -0.15) is 9.36 Å². The van der Waals surface area contributed by atoms with E-state index in [0.29, 0.717) is 11.4 Å². The molecule has 17 heteroatoms. The van der Waals surface area contributed by atoms with Crippen molar-refractivity contribution >= 4 is 57.7 Å². The first-order valence-corrected chi connectivity index (χ1v) is 12.6. The second-order valence-corrected chi connectivity index (χ2v) is 9.65. The van der Waals surface area contributed by atoms with E-state index in [2.05, 4.69) is 26.4 Å². The topological polar surface area (TPSA) is 218 Å². The van der Waals surface area contributed by atoms with Gasteiger partial charge in [-0.3, -0.25) is 14.5 Å². The molecule has 37 heavy (non-hydrogen) atoms. The Hall–Kier alpha value is -3.96. The number of hydrogen-bond acceptors (Lipinski definition) is 13. The number of fused-ring (bicyclic) bond motifs is 1. The summed E-state index contributed by atoms with van der Waals surface area (Å²) >= 11 is 2.13. The smallest absolute Gasteiger partial charge is 0.278 e. The molecule has 0 radical (unpaired) electrons. The number of thioether (sulfide) groups is 1. The molecule has 0 aromatic carbocycles. The molecule has 15 nitrogen and oxygen atoms in total. The zero-order chi connectivity index (χ0) is 26.7. The number of amides is 2. The number of carbonyl (C=O) groups is 3. The maximum atomic E-state index is 13.0. The average Bonchev–Trinajstić information content (AvgIpc) is 3.45. The van der Waals surface area contributed by atoms with Crippen molar-refractivity contribution in [3.63, 3.8) is 0 Å². The van der Waals surface area contributed by atoms with Crippen molar-refractivity contribution in [2.45, 2.75) is 24.5 Å². The van der Waals surface area contributed by atoms with Crippen LogP contribution in [0.3, 0.4) is 0 Å². The van der Waals surface area contributed by atoms with Crippen molar-refractivity contribution in [1.82, 2.24) is 24.3 Å². The molecule has 4 heterocycles. The van der Waals surface area contributed by atoms with Crippen LogP contribution >= 0.6 is 23.3 Å². The Morgan fingerprint density at radius 1 is 1.46 bits per heavy atom. The quantitative estimate of drug-likeness (QED) is 0.0546. The summed E-state index contributed by atoms with van der Waals surface area (Å²) in [5.41, 5.74) is 11.4. The van der Waals surface area contributed by atoms with Crippen LogP contribution in [-0.2, 0) is 32.3 Å². The summed E-state index contributed by atoms with van der Waals surface area (Å²) in [4.78, 5) is 48.1. The van der Waals surface area contributed by atoms with Gasteiger partial charge in [-0.05, 0) is 0 Å². The number of anilines is 2. The van der Waals surface area contributed by atoms with Crippen LogP contribution in [-0.4, -0.2) is 77.9 Å². The molecule has 2 aromatic heterocycles. The largest absolute Gasteiger partial charge is 0.543 e. The Morgan fingerprint density at radius 3 is 2.89 bits per heavy atom. The SMILES string of the molecule is C=CCON=C(C(=O)N[C@@H]1C(=O)N2C(C(=O)[O-])=C(C[n+]3ccc(N)n3CCO)CS[C@H]12)c1nsc(N)n1. The molecular weight excluding hydrogens is 526 g/mol. The number of aliphatic hydroxyl groups is 1. The maximum absolute atomic E-state index is 13.0. The number of aliphatic carboxylic acids is 1. The van der Waals surface area contributed by atoms with Gasteiger partial charge in [-0.25, -0.2) is 0 Å². The minimum Gasteiger partial charge on any atom is -0.543 e. The van der Waals surface area contributed by atoms with E-state index in [1.54, 1.807) is 21.6 Å². The summed E-state index contributed by atoms with van der Waals surface area (Å²) in [7, 11) is 0. The number of rotatable bonds is 11. The number of β-lactam (4-membered cyclic amide) rings is 1. The van der Waals surface area contributed by atoms with Gasteiger partial charge >= 0.3 is 0 Å². The molecule has 196 valence electrons. The number of nitrogens with zero attached hydrogens (tertiary/aromatic N) is 6. The maximum Gasteiger partial charge on any atom is 0.278 e. The van der Waals surface area contributed by atoms with Crippen LogP contribution in [0.1, 0.15) is 5.82 Å². The van der Waals surface area contributed by atoms with Gasteiger partial charge in [0, 0.05) is 22.9 Å². The van der Waals surface area contributed by atoms with Gasteiger partial charge in [0.2, 0.25) is 11.5 Å². The van der Waals surface area contributed by atoms with Crippen molar-refractivity contribution < 1.29 is 34.1 Å². The highest BCUT2D eigenvalue weighted by molar-refractivity contribution is 8.00. The predicted octanol–water partition coefficient (Wildman–Crippen LogP) is -3.21. The molecule has 0 unspecified atom stereocenters. The lowest BCUT2D eigenvalue weighted by Gasteiger charge is -2.50. The van der Waals surface area contributed by atoms with Gasteiger partial charge in [-0.15, -0.1) is 21.1 Å². The Morgan fingerprint density at radius 2 is 2.24 bits per heavy atom. The number of nitrogens with two attached hydrogens (primary N) is 2. The molecule has 0 spiro atoms. The number of aromatic nitrogens is 4. The minimum absolute atomic E-state index is 0.0128. The normalized spacial score (nSPS) is 19.3. The fraction of sp³-hybridized carbons (Fsp3) is 0.350. The molecule has 2 aliphatic heterocycles. The third-order valence-corrected chi connectivity index (χ3v) is 7.32. The lowest BCUT2D eigenvalue weighted by Crippen LogP contribution is -2.71. The number of carbonyl (C=O) groups excluding carboxylic acids is 3. The van der Waals surface area contributed by atoms with Crippen LogP contribution in [0, 0.1) is 0 Å². The van der Waals surface area contributed by atoms with Gasteiger partial charge in [0.05, 0.1) is 24.3 Å². The van der Waals surface area contributed by atoms with Gasteiger partial charge in [-0.1, -0.05) is 17.8 Å². The fourth-order valence-corrected chi connectivity index (χ4v) is 5.61. The lowest BCUT2D eigenvalue weighted by atomic mass is 10.0. The van der Waals surface area contributed by atoms with Crippen molar-refractivity contribution in [3.8, 4) is 0 Å². The monoisotopic (exact) mass is 549 g/mol. The Kier molecular flexibility index (Phi) is 7.74. The Labute approximate surface area is 218 Å². The van der Waals surface area contributed by atoms with E-state index in [1.165, 1.54) is 17.8 Å². The van der Waals surface area contributed by atoms with Gasteiger partial charge in [0.25, 0.3) is 11.8 Å². The first-order valence-electron chi connectivity index (χ1n) is 10.8. The van der Waals surface area contributed by atoms with Crippen LogP contribution in [0.15, 0.2) is 41.3 Å². The molecule has 6 N–H and O–H groups in total. The number of nitrogen functional groups attached to an aromatic ring is 2. The number of aliphatic hydroxyl groups excluding tert-OH is 1. The number of nitrogens with one attached hydrogen (secondary N) is 1. The number of carboxylic acids is 1. The van der Waals surface area contributed by atoms with E-state index < -0.39 is 29.2 Å². The molecule has 2 atom stereocenters. The minimum atomic E-state index is -1.52. The number of carboxylic acid groups (broad SMARTS) is 1. The predicted molar refractivity (Wildman–Crippen MR) is 130 cm³/mol. The van der Waals surface area contributed by atoms with E-state index in [-0.39, 0.29) is 54.4 Å². The summed E-state index contributed by atoms with van der Waals surface area (Å²) in [6.07, 6.45) is 3.07. The molecule has 1 saturated heterocycles. The molecule has 0 bridgehead atoms. The van der Waals surface area contributed by atoms with Crippen LogP contribution in [0.5, 0.6) is 0 Å². The van der Waals surface area contributed by atoms with Crippen LogP contribution in [0.4, 0.5) is 10.9 Å². The zero-order valence-electron chi connectivity index (χ0n) is 19.3. The Bertz CT molecular complexity index is 1300. The Balaban J connectivity index is 1.54. The van der Waals surface area contributed by atoms with Gasteiger partial charge in [0.15, 0.2) is 23.7 Å². The molecule has 1 fully saturated rings.